The minimum absolute atomic E-state index is 0.0170. The average molecular weight is 356 g/mol. The number of hydrogen-bond donors (Lipinski definition) is 1. The molecule has 0 fully saturated rings. The molecule has 0 radical (unpaired) electrons. The van der Waals surface area contributed by atoms with E-state index in [9.17, 15) is 14.4 Å². The average Bonchev–Trinajstić information content (AvgIpc) is 3.09. The number of aromatic amines is 1. The van der Waals surface area contributed by atoms with E-state index in [0.29, 0.717) is 12.1 Å². The van der Waals surface area contributed by atoms with Gasteiger partial charge in [0, 0.05) is 24.7 Å². The molecule has 0 unspecified atom stereocenters. The number of hydrogen-bond acceptors (Lipinski definition) is 5. The summed E-state index contributed by atoms with van der Waals surface area (Å²) in [7, 11) is 1.53. The topological polar surface area (TPSA) is 88.1 Å². The quantitative estimate of drug-likeness (QED) is 0.715. The zero-order valence-electron chi connectivity index (χ0n) is 13.8. The van der Waals surface area contributed by atoms with Crippen LogP contribution in [0.4, 0.5) is 0 Å². The highest BCUT2D eigenvalue weighted by atomic mass is 32.1. The van der Waals surface area contributed by atoms with Crippen LogP contribution in [0.25, 0.3) is 11.0 Å². The number of fused-ring (bicyclic) bond motifs is 2. The van der Waals surface area contributed by atoms with Gasteiger partial charge in [0.2, 0.25) is 0 Å². The van der Waals surface area contributed by atoms with E-state index in [0.717, 1.165) is 6.42 Å². The van der Waals surface area contributed by atoms with Crippen molar-refractivity contribution in [1.29, 1.82) is 0 Å². The summed E-state index contributed by atoms with van der Waals surface area (Å²) in [5.74, 6) is -0.160. The molecule has 1 N–H and O–H groups in total. The molecule has 0 bridgehead atoms. The van der Waals surface area contributed by atoms with Crippen molar-refractivity contribution in [1.82, 2.24) is 19.4 Å². The lowest BCUT2D eigenvalue weighted by Crippen LogP contribution is -2.38. The molecule has 1 atom stereocenters. The lowest BCUT2D eigenvalue weighted by atomic mass is 10.0. The number of thiophene rings is 1. The van der Waals surface area contributed by atoms with E-state index in [-0.39, 0.29) is 23.0 Å². The molecule has 0 saturated carbocycles. The molecule has 1 aliphatic heterocycles. The molecular formula is C17H16N4O3S. The Morgan fingerprint density at radius 3 is 3.00 bits per heavy atom. The first-order valence-corrected chi connectivity index (χ1v) is 8.81. The summed E-state index contributed by atoms with van der Waals surface area (Å²) < 4.78 is 1.26. The van der Waals surface area contributed by atoms with Crippen LogP contribution in [-0.2, 0) is 13.5 Å². The van der Waals surface area contributed by atoms with Gasteiger partial charge in [-0.3, -0.25) is 19.1 Å². The smallest absolute Gasteiger partial charge is 0.329 e. The first-order valence-electron chi connectivity index (χ1n) is 7.93. The minimum Gasteiger partial charge on any atom is -0.331 e. The van der Waals surface area contributed by atoms with Crippen molar-refractivity contribution in [2.45, 2.75) is 19.4 Å². The van der Waals surface area contributed by atoms with Crippen LogP contribution in [0.1, 0.15) is 33.8 Å². The summed E-state index contributed by atoms with van der Waals surface area (Å²) >= 11 is 1.72. The van der Waals surface area contributed by atoms with Gasteiger partial charge >= 0.3 is 5.69 Å². The Kier molecular flexibility index (Phi) is 3.57. The molecular weight excluding hydrogens is 340 g/mol. The number of H-pyrrole nitrogens is 1. The molecule has 25 heavy (non-hydrogen) atoms. The molecule has 1 aliphatic rings. The van der Waals surface area contributed by atoms with Gasteiger partial charge in [-0.15, -0.1) is 11.3 Å². The van der Waals surface area contributed by atoms with Crippen molar-refractivity contribution in [3.05, 3.63) is 60.6 Å². The van der Waals surface area contributed by atoms with E-state index < -0.39 is 11.2 Å². The predicted molar refractivity (Wildman–Crippen MR) is 95.1 cm³/mol. The Morgan fingerprint density at radius 1 is 1.40 bits per heavy atom. The van der Waals surface area contributed by atoms with Crippen LogP contribution >= 0.6 is 11.3 Å². The summed E-state index contributed by atoms with van der Waals surface area (Å²) in [5.41, 5.74) is 0.726. The van der Waals surface area contributed by atoms with Gasteiger partial charge < -0.3 is 4.90 Å². The molecule has 3 aromatic rings. The van der Waals surface area contributed by atoms with Crippen molar-refractivity contribution in [2.75, 3.05) is 6.54 Å². The standard InChI is InChI=1S/C17H16N4O3S/c1-9-11-4-6-25-13(11)3-5-21(9)16(23)10-7-12-14(18-8-10)20(2)17(24)19-15(12)22/h4,6-9H,3,5H2,1-2H3,(H,19,22,24)/t9-/m1/s1. The number of nitrogens with one attached hydrogen (secondary N) is 1. The van der Waals surface area contributed by atoms with Crippen molar-refractivity contribution >= 4 is 28.3 Å². The number of rotatable bonds is 1. The monoisotopic (exact) mass is 356 g/mol. The van der Waals surface area contributed by atoms with Crippen LogP contribution in [0, 0.1) is 0 Å². The Balaban J connectivity index is 1.76. The SMILES string of the molecule is C[C@@H]1c2ccsc2CCN1C(=O)c1cnc2c(c1)c(=O)[nH]c(=O)n2C. The predicted octanol–water partition coefficient (Wildman–Crippen LogP) is 1.44. The van der Waals surface area contributed by atoms with Crippen LogP contribution in [0.15, 0.2) is 33.3 Å². The third-order valence-electron chi connectivity index (χ3n) is 4.74. The summed E-state index contributed by atoms with van der Waals surface area (Å²) in [6.45, 7) is 2.64. The first kappa shape index (κ1) is 15.8. The molecule has 1 amide bonds. The van der Waals surface area contributed by atoms with Gasteiger partial charge in [-0.2, -0.15) is 0 Å². The van der Waals surface area contributed by atoms with Gasteiger partial charge in [-0.1, -0.05) is 0 Å². The fraction of sp³-hybridized carbons (Fsp3) is 0.294. The largest absolute Gasteiger partial charge is 0.331 e. The van der Waals surface area contributed by atoms with Crippen molar-refractivity contribution in [2.24, 2.45) is 7.05 Å². The van der Waals surface area contributed by atoms with Gasteiger partial charge in [0.1, 0.15) is 5.65 Å². The van der Waals surface area contributed by atoms with E-state index in [4.69, 9.17) is 0 Å². The highest BCUT2D eigenvalue weighted by Crippen LogP contribution is 2.33. The van der Waals surface area contributed by atoms with E-state index >= 15 is 0 Å². The number of pyridine rings is 1. The van der Waals surface area contributed by atoms with Gasteiger partial charge in [-0.05, 0) is 36.4 Å². The first-order chi connectivity index (χ1) is 12.0. The van der Waals surface area contributed by atoms with E-state index in [1.807, 2.05) is 12.3 Å². The van der Waals surface area contributed by atoms with Gasteiger partial charge in [0.05, 0.1) is 17.0 Å². The zero-order valence-corrected chi connectivity index (χ0v) is 14.6. The zero-order chi connectivity index (χ0) is 17.7. The summed E-state index contributed by atoms with van der Waals surface area (Å²) in [5, 5.41) is 2.28. The number of aromatic nitrogens is 3. The second kappa shape index (κ2) is 5.66. The lowest BCUT2D eigenvalue weighted by Gasteiger charge is -2.33. The van der Waals surface area contributed by atoms with Gasteiger partial charge in [0.25, 0.3) is 11.5 Å². The van der Waals surface area contributed by atoms with Crippen LogP contribution in [-0.4, -0.2) is 31.9 Å². The van der Waals surface area contributed by atoms with Crippen molar-refractivity contribution in [3.63, 3.8) is 0 Å². The molecule has 0 spiro atoms. The second-order valence-corrected chi connectivity index (χ2v) is 7.14. The molecule has 3 aromatic heterocycles. The molecule has 0 saturated heterocycles. The van der Waals surface area contributed by atoms with Gasteiger partial charge in [-0.25, -0.2) is 9.78 Å². The fourth-order valence-corrected chi connectivity index (χ4v) is 4.27. The number of amides is 1. The molecule has 8 heteroatoms. The van der Waals surface area contributed by atoms with E-state index in [1.54, 1.807) is 16.2 Å². The number of carbonyl (C=O) groups excluding carboxylic acids is 1. The summed E-state index contributed by atoms with van der Waals surface area (Å²) in [6.07, 6.45) is 2.26. The Hall–Kier alpha value is -2.74. The van der Waals surface area contributed by atoms with Crippen LogP contribution in [0.2, 0.25) is 0 Å². The number of aryl methyl sites for hydroxylation is 1. The van der Waals surface area contributed by atoms with E-state index in [2.05, 4.69) is 16.0 Å². The normalized spacial score (nSPS) is 16.9. The van der Waals surface area contributed by atoms with Crippen molar-refractivity contribution < 1.29 is 4.79 Å². The Bertz CT molecular complexity index is 1110. The molecule has 7 nitrogen and oxygen atoms in total. The molecule has 0 aliphatic carbocycles. The van der Waals surface area contributed by atoms with Crippen LogP contribution < -0.4 is 11.2 Å². The lowest BCUT2D eigenvalue weighted by molar-refractivity contribution is 0.0679. The second-order valence-electron chi connectivity index (χ2n) is 6.14. The highest BCUT2D eigenvalue weighted by molar-refractivity contribution is 7.10. The minimum atomic E-state index is -0.535. The summed E-state index contributed by atoms with van der Waals surface area (Å²) in [4.78, 5) is 46.2. The maximum absolute atomic E-state index is 13.0. The van der Waals surface area contributed by atoms with E-state index in [1.165, 1.54) is 34.3 Å². The Morgan fingerprint density at radius 2 is 2.20 bits per heavy atom. The third-order valence-corrected chi connectivity index (χ3v) is 5.74. The van der Waals surface area contributed by atoms with Crippen LogP contribution in [0.5, 0.6) is 0 Å². The Labute approximate surface area is 146 Å². The van der Waals surface area contributed by atoms with Crippen molar-refractivity contribution in [3.8, 4) is 0 Å². The van der Waals surface area contributed by atoms with Gasteiger partial charge in [0.15, 0.2) is 0 Å². The number of nitrogens with zero attached hydrogens (tertiary/aromatic N) is 3. The maximum atomic E-state index is 13.0. The summed E-state index contributed by atoms with van der Waals surface area (Å²) in [6, 6.07) is 3.55. The molecule has 128 valence electrons. The molecule has 4 heterocycles. The molecule has 4 rings (SSSR count). The molecule has 0 aromatic carbocycles. The highest BCUT2D eigenvalue weighted by Gasteiger charge is 2.29. The third kappa shape index (κ3) is 2.41. The maximum Gasteiger partial charge on any atom is 0.329 e. The van der Waals surface area contributed by atoms with Crippen LogP contribution in [0.3, 0.4) is 0 Å². The fourth-order valence-electron chi connectivity index (χ4n) is 3.31. The number of carbonyl (C=O) groups is 1.